The molecule has 0 heterocycles. The molecule has 0 aromatic heterocycles. The second-order valence-corrected chi connectivity index (χ2v) is 9.65. The molecule has 2 fully saturated rings. The summed E-state index contributed by atoms with van der Waals surface area (Å²) in [7, 11) is 0. The van der Waals surface area contributed by atoms with Crippen LogP contribution in [0.1, 0.15) is 108 Å². The summed E-state index contributed by atoms with van der Waals surface area (Å²) < 4.78 is 43.8. The van der Waals surface area contributed by atoms with Crippen LogP contribution in [0, 0.1) is 11.8 Å². The molecule has 3 rings (SSSR count). The second kappa shape index (κ2) is 14.7. The average Bonchev–Trinajstić information content (AvgIpc) is 2.81. The van der Waals surface area contributed by atoms with Gasteiger partial charge in [0.15, 0.2) is 0 Å². The molecule has 2 aliphatic rings. The van der Waals surface area contributed by atoms with Crippen LogP contribution in [0.3, 0.4) is 0 Å². The van der Waals surface area contributed by atoms with Gasteiger partial charge in [-0.1, -0.05) is 57.6 Å². The van der Waals surface area contributed by atoms with Crippen molar-refractivity contribution < 1.29 is 17.9 Å². The van der Waals surface area contributed by atoms with E-state index in [9.17, 15) is 13.2 Å². The second-order valence-electron chi connectivity index (χ2n) is 9.65. The molecule has 1 aromatic carbocycles. The van der Waals surface area contributed by atoms with Crippen LogP contribution in [0.25, 0.3) is 0 Å². The Morgan fingerprint density at radius 1 is 0.970 bits per heavy atom. The van der Waals surface area contributed by atoms with Gasteiger partial charge in [-0.05, 0) is 87.1 Å². The van der Waals surface area contributed by atoms with Gasteiger partial charge in [-0.2, -0.15) is 13.2 Å². The maximum Gasteiger partial charge on any atom is 0.416 e. The van der Waals surface area contributed by atoms with Crippen LogP contribution in [0.15, 0.2) is 36.1 Å². The summed E-state index contributed by atoms with van der Waals surface area (Å²) in [5, 5.41) is 0. The van der Waals surface area contributed by atoms with Crippen molar-refractivity contribution >= 4 is 0 Å². The van der Waals surface area contributed by atoms with E-state index in [1.165, 1.54) is 57.1 Å². The third-order valence-electron chi connectivity index (χ3n) is 7.04. The number of alkyl halides is 3. The molecule has 33 heavy (non-hydrogen) atoms. The Morgan fingerprint density at radius 2 is 1.64 bits per heavy atom. The fourth-order valence-electron chi connectivity index (χ4n) is 5.33. The van der Waals surface area contributed by atoms with Crippen LogP contribution < -0.4 is 5.73 Å². The van der Waals surface area contributed by atoms with Crippen molar-refractivity contribution in [3.63, 3.8) is 0 Å². The van der Waals surface area contributed by atoms with Crippen molar-refractivity contribution in [2.45, 2.75) is 103 Å². The Bertz CT molecular complexity index is 675. The van der Waals surface area contributed by atoms with E-state index in [2.05, 4.69) is 13.0 Å². The molecule has 0 radical (unpaired) electrons. The molecule has 0 aliphatic heterocycles. The van der Waals surface area contributed by atoms with E-state index >= 15 is 0 Å². The number of benzene rings is 1. The zero-order valence-electron chi connectivity index (χ0n) is 20.6. The van der Waals surface area contributed by atoms with Crippen LogP contribution in [0.2, 0.25) is 0 Å². The third-order valence-corrected chi connectivity index (χ3v) is 7.04. The van der Waals surface area contributed by atoms with Crippen LogP contribution in [0.5, 0.6) is 0 Å². The fraction of sp³-hybridized carbons (Fsp3) is 0.714. The van der Waals surface area contributed by atoms with Gasteiger partial charge < -0.3 is 10.5 Å². The lowest BCUT2D eigenvalue weighted by Crippen LogP contribution is -2.16. The molecule has 0 bridgehead atoms. The van der Waals surface area contributed by atoms with Gasteiger partial charge in [0, 0.05) is 6.42 Å². The SMILES string of the molecule is CC/C=C(\CC1CCCC(c2ccc(C(F)(F)F)cc2)C1)OCC.NCCC1CCCCC1. The van der Waals surface area contributed by atoms with Gasteiger partial charge in [0.25, 0.3) is 0 Å². The summed E-state index contributed by atoms with van der Waals surface area (Å²) >= 11 is 0. The van der Waals surface area contributed by atoms with Crippen molar-refractivity contribution in [3.05, 3.63) is 47.2 Å². The zero-order chi connectivity index (χ0) is 24.1. The molecule has 2 unspecified atom stereocenters. The topological polar surface area (TPSA) is 35.2 Å². The monoisotopic (exact) mass is 467 g/mol. The number of hydrogen-bond acceptors (Lipinski definition) is 2. The average molecular weight is 468 g/mol. The predicted molar refractivity (Wildman–Crippen MR) is 131 cm³/mol. The van der Waals surface area contributed by atoms with Crippen LogP contribution in [-0.4, -0.2) is 13.2 Å². The summed E-state index contributed by atoms with van der Waals surface area (Å²) in [5.41, 5.74) is 5.93. The van der Waals surface area contributed by atoms with E-state index in [0.717, 1.165) is 55.9 Å². The Hall–Kier alpha value is -1.49. The molecular weight excluding hydrogens is 423 g/mol. The number of rotatable bonds is 8. The molecule has 2 nitrogen and oxygen atoms in total. The molecule has 0 spiro atoms. The van der Waals surface area contributed by atoms with E-state index in [0.29, 0.717) is 18.4 Å². The number of nitrogens with two attached hydrogens (primary N) is 1. The Morgan fingerprint density at radius 3 is 2.21 bits per heavy atom. The standard InChI is InChI=1S/C20H27F3O.C8H17N/c1-3-6-19(24-4-2)14-15-7-5-8-17(13-15)16-9-11-18(12-10-16)20(21,22)23;9-7-6-8-4-2-1-3-5-8/h6,9-12,15,17H,3-5,7-8,13-14H2,1-2H3;8H,1-7,9H2/b19-6+;. The Balaban J connectivity index is 0.000000357. The van der Waals surface area contributed by atoms with Gasteiger partial charge >= 0.3 is 6.18 Å². The van der Waals surface area contributed by atoms with Crippen molar-refractivity contribution in [2.75, 3.05) is 13.2 Å². The van der Waals surface area contributed by atoms with Gasteiger partial charge in [-0.25, -0.2) is 0 Å². The van der Waals surface area contributed by atoms with Crippen molar-refractivity contribution in [2.24, 2.45) is 17.6 Å². The number of halogens is 3. The summed E-state index contributed by atoms with van der Waals surface area (Å²) in [4.78, 5) is 0. The minimum absolute atomic E-state index is 0.357. The predicted octanol–water partition coefficient (Wildman–Crippen LogP) is 8.62. The molecule has 0 amide bonds. The smallest absolute Gasteiger partial charge is 0.416 e. The molecule has 1 aromatic rings. The Kier molecular flexibility index (Phi) is 12.4. The molecule has 2 atom stereocenters. The highest BCUT2D eigenvalue weighted by Gasteiger charge is 2.31. The number of hydrogen-bond donors (Lipinski definition) is 1. The first-order valence-electron chi connectivity index (χ1n) is 13.1. The van der Waals surface area contributed by atoms with E-state index in [-0.39, 0.29) is 0 Å². The minimum atomic E-state index is -4.26. The van der Waals surface area contributed by atoms with E-state index < -0.39 is 11.7 Å². The highest BCUT2D eigenvalue weighted by Crippen LogP contribution is 2.40. The summed E-state index contributed by atoms with van der Waals surface area (Å²) in [6.45, 7) is 5.67. The molecule has 2 saturated carbocycles. The lowest BCUT2D eigenvalue weighted by Gasteiger charge is -2.30. The molecule has 5 heteroatoms. The normalized spacial score (nSPS) is 22.4. The summed E-state index contributed by atoms with van der Waals surface area (Å²) in [6, 6.07) is 5.73. The molecule has 0 saturated heterocycles. The van der Waals surface area contributed by atoms with E-state index in [1.807, 2.05) is 6.92 Å². The van der Waals surface area contributed by atoms with E-state index in [1.54, 1.807) is 12.1 Å². The van der Waals surface area contributed by atoms with Gasteiger partial charge in [0.2, 0.25) is 0 Å². The van der Waals surface area contributed by atoms with Crippen LogP contribution in [0.4, 0.5) is 13.2 Å². The minimum Gasteiger partial charge on any atom is -0.499 e. The van der Waals surface area contributed by atoms with Crippen molar-refractivity contribution in [3.8, 4) is 0 Å². The largest absolute Gasteiger partial charge is 0.499 e. The lowest BCUT2D eigenvalue weighted by molar-refractivity contribution is -0.137. The first kappa shape index (κ1) is 27.8. The van der Waals surface area contributed by atoms with Crippen molar-refractivity contribution in [1.29, 1.82) is 0 Å². The van der Waals surface area contributed by atoms with Crippen LogP contribution >= 0.6 is 0 Å². The molecule has 2 N–H and O–H groups in total. The van der Waals surface area contributed by atoms with Gasteiger partial charge in [0.1, 0.15) is 0 Å². The summed E-state index contributed by atoms with van der Waals surface area (Å²) in [6.07, 6.45) is 12.7. The maximum absolute atomic E-state index is 12.7. The fourth-order valence-corrected chi connectivity index (χ4v) is 5.33. The number of ether oxygens (including phenoxy) is 1. The zero-order valence-corrected chi connectivity index (χ0v) is 20.6. The van der Waals surface area contributed by atoms with Gasteiger partial charge in [-0.15, -0.1) is 0 Å². The van der Waals surface area contributed by atoms with E-state index in [4.69, 9.17) is 10.5 Å². The highest BCUT2D eigenvalue weighted by atomic mass is 19.4. The van der Waals surface area contributed by atoms with Gasteiger partial charge in [-0.3, -0.25) is 0 Å². The Labute approximate surface area is 199 Å². The molecular formula is C28H44F3NO. The summed E-state index contributed by atoms with van der Waals surface area (Å²) in [5.74, 6) is 2.95. The maximum atomic E-state index is 12.7. The molecule has 188 valence electrons. The molecule has 2 aliphatic carbocycles. The third kappa shape index (κ3) is 10.1. The lowest BCUT2D eigenvalue weighted by atomic mass is 9.76. The first-order valence-corrected chi connectivity index (χ1v) is 13.1. The van der Waals surface area contributed by atoms with Gasteiger partial charge in [0.05, 0.1) is 17.9 Å². The quantitative estimate of drug-likeness (QED) is 0.388. The highest BCUT2D eigenvalue weighted by molar-refractivity contribution is 5.27. The first-order chi connectivity index (χ1) is 15.9. The van der Waals surface area contributed by atoms with Crippen LogP contribution in [-0.2, 0) is 10.9 Å². The van der Waals surface area contributed by atoms with Crippen molar-refractivity contribution in [1.82, 2.24) is 0 Å². The number of allylic oxidation sites excluding steroid dienone is 2.